The number of hydroxylamine groups is 2. The summed E-state index contributed by atoms with van der Waals surface area (Å²) >= 11 is 0. The van der Waals surface area contributed by atoms with Gasteiger partial charge in [-0.15, -0.1) is 0 Å². The van der Waals surface area contributed by atoms with Crippen molar-refractivity contribution < 1.29 is 57.6 Å². The Labute approximate surface area is 306 Å². The van der Waals surface area contributed by atoms with E-state index in [1.165, 1.54) is 23.1 Å². The Morgan fingerprint density at radius 2 is 1.81 bits per heavy atom. The first kappa shape index (κ1) is 36.7. The Balaban J connectivity index is 1.15. The third kappa shape index (κ3) is 6.83. The molecular formula is C38H43N3O12. The molecule has 8 atom stereocenters. The van der Waals surface area contributed by atoms with Gasteiger partial charge in [0.1, 0.15) is 49.3 Å². The van der Waals surface area contributed by atoms with Crippen molar-refractivity contribution in [1.82, 2.24) is 15.3 Å². The standard InChI is InChI=1S/C38H43N3O12/c1-37(2)20-48-35(46)32(37)52-27(43)13-12-23-10-7-11-24(16-23)19-41-30-34(45)51-26-18-38(30,31(53-41)29-28(26)49-21-50-29)36(47)40(3)25(33(44)39-14-15-42)17-22-8-5-4-6-9-22/h4-13,16,25-26,28-32,42H,14-15,17-21H2,1-3H3,(H,39,44)/t25-,26-,28+,29+,30+,31-,32+,38+/m1/s1. The lowest BCUT2D eigenvalue weighted by Crippen LogP contribution is -2.70. The van der Waals surface area contributed by atoms with E-state index >= 15 is 4.79 Å². The number of cyclic esters (lactones) is 1. The zero-order chi connectivity index (χ0) is 37.5. The molecule has 282 valence electrons. The van der Waals surface area contributed by atoms with Crippen molar-refractivity contribution in [2.45, 2.75) is 75.8 Å². The van der Waals surface area contributed by atoms with Gasteiger partial charge in [0.05, 0.1) is 13.2 Å². The highest BCUT2D eigenvalue weighted by atomic mass is 16.8. The lowest BCUT2D eigenvalue weighted by molar-refractivity contribution is -0.204. The normalized spacial score (nSPS) is 30.3. The summed E-state index contributed by atoms with van der Waals surface area (Å²) in [6.07, 6.45) is -1.06. The van der Waals surface area contributed by atoms with Crippen LogP contribution in [0.4, 0.5) is 0 Å². The summed E-state index contributed by atoms with van der Waals surface area (Å²) in [5.41, 5.74) is -0.000503. The van der Waals surface area contributed by atoms with Crippen LogP contribution in [-0.4, -0.2) is 121 Å². The van der Waals surface area contributed by atoms with Crippen molar-refractivity contribution in [3.63, 3.8) is 0 Å². The van der Waals surface area contributed by atoms with Gasteiger partial charge in [0.2, 0.25) is 17.9 Å². The van der Waals surface area contributed by atoms with Crippen LogP contribution in [-0.2, 0) is 65.5 Å². The molecule has 2 bridgehead atoms. The van der Waals surface area contributed by atoms with Gasteiger partial charge in [-0.05, 0) is 22.8 Å². The molecule has 53 heavy (non-hydrogen) atoms. The molecule has 0 radical (unpaired) electrons. The molecule has 7 rings (SSSR count). The van der Waals surface area contributed by atoms with Crippen LogP contribution in [0, 0.1) is 10.8 Å². The first-order chi connectivity index (χ1) is 25.4. The van der Waals surface area contributed by atoms with Crippen molar-refractivity contribution in [2.75, 3.05) is 33.6 Å². The summed E-state index contributed by atoms with van der Waals surface area (Å²) in [7, 11) is 1.54. The molecule has 2 amide bonds. The summed E-state index contributed by atoms with van der Waals surface area (Å²) in [5.74, 6) is -2.87. The second-order valence-corrected chi connectivity index (χ2v) is 14.7. The van der Waals surface area contributed by atoms with Crippen LogP contribution in [0.2, 0.25) is 0 Å². The quantitative estimate of drug-likeness (QED) is 0.179. The number of aliphatic hydroxyl groups excluding tert-OH is 1. The third-order valence-corrected chi connectivity index (χ3v) is 10.7. The molecular weight excluding hydrogens is 690 g/mol. The second-order valence-electron chi connectivity index (χ2n) is 14.7. The highest BCUT2D eigenvalue weighted by Crippen LogP contribution is 2.56. The van der Waals surface area contributed by atoms with Gasteiger partial charge in [-0.1, -0.05) is 68.4 Å². The third-order valence-electron chi connectivity index (χ3n) is 10.7. The minimum absolute atomic E-state index is 0.00549. The zero-order valence-electron chi connectivity index (χ0n) is 29.7. The summed E-state index contributed by atoms with van der Waals surface area (Å²) in [6, 6.07) is 14.2. The number of esters is 3. The average molecular weight is 734 g/mol. The monoisotopic (exact) mass is 733 g/mol. The van der Waals surface area contributed by atoms with Gasteiger partial charge in [0, 0.05) is 37.9 Å². The predicted molar refractivity (Wildman–Crippen MR) is 183 cm³/mol. The lowest BCUT2D eigenvalue weighted by Gasteiger charge is -2.50. The number of benzene rings is 2. The van der Waals surface area contributed by atoms with Crippen molar-refractivity contribution >= 4 is 35.8 Å². The van der Waals surface area contributed by atoms with Crippen LogP contribution in [0.25, 0.3) is 6.08 Å². The fraction of sp³-hybridized carbons (Fsp3) is 0.500. The van der Waals surface area contributed by atoms with Crippen molar-refractivity contribution in [3.8, 4) is 0 Å². The van der Waals surface area contributed by atoms with Gasteiger partial charge in [0.25, 0.3) is 0 Å². The Hall–Kier alpha value is -4.67. The molecule has 1 aliphatic carbocycles. The number of ether oxygens (including phenoxy) is 5. The molecule has 4 heterocycles. The zero-order valence-corrected chi connectivity index (χ0v) is 29.7. The molecule has 15 heteroatoms. The lowest BCUT2D eigenvalue weighted by atomic mass is 9.62. The van der Waals surface area contributed by atoms with Crippen molar-refractivity contribution in [1.29, 1.82) is 0 Å². The van der Waals surface area contributed by atoms with Gasteiger partial charge in [-0.3, -0.25) is 19.2 Å². The molecule has 2 N–H and O–H groups in total. The molecule has 2 aromatic carbocycles. The summed E-state index contributed by atoms with van der Waals surface area (Å²) in [4.78, 5) is 75.2. The Kier molecular flexibility index (Phi) is 10.1. The minimum atomic E-state index is -1.49. The maximum atomic E-state index is 15.0. The largest absolute Gasteiger partial charge is 0.462 e. The fourth-order valence-electron chi connectivity index (χ4n) is 8.05. The van der Waals surface area contributed by atoms with Gasteiger partial charge in [-0.2, -0.15) is 5.06 Å². The first-order valence-corrected chi connectivity index (χ1v) is 17.6. The molecule has 0 spiro atoms. The number of nitrogens with zero attached hydrogens (tertiary/aromatic N) is 2. The van der Waals surface area contributed by atoms with Crippen LogP contribution in [0.15, 0.2) is 60.7 Å². The van der Waals surface area contributed by atoms with Crippen molar-refractivity contribution in [3.05, 3.63) is 77.4 Å². The highest BCUT2D eigenvalue weighted by molar-refractivity contribution is 5.96. The molecule has 15 nitrogen and oxygen atoms in total. The number of likely N-dealkylation sites (N-methyl/N-ethyl adjacent to an activating group) is 1. The number of hydrogen-bond acceptors (Lipinski definition) is 13. The topological polar surface area (TPSA) is 179 Å². The SMILES string of the molecule is CN(C(=O)[C@@]12C[C@H]3OC(=O)[C@@H]1N(Cc1cccc(C=CC(=O)O[C@H]4C(=O)OCC4(C)C)c1)O[C@@H]2[C@H]1OCO[C@H]13)[C@H](Cc1ccccc1)C(=O)NCCO. The van der Waals surface area contributed by atoms with Crippen LogP contribution >= 0.6 is 0 Å². The number of carbonyl (C=O) groups is 5. The number of carbonyl (C=O) groups excluding carboxylic acids is 5. The van der Waals surface area contributed by atoms with E-state index in [0.29, 0.717) is 11.1 Å². The molecule has 0 unspecified atom stereocenters. The summed E-state index contributed by atoms with van der Waals surface area (Å²) < 4.78 is 28.2. The summed E-state index contributed by atoms with van der Waals surface area (Å²) in [6.45, 7) is 3.43. The second kappa shape index (κ2) is 14.6. The molecule has 4 aliphatic heterocycles. The van der Waals surface area contributed by atoms with E-state index in [9.17, 15) is 24.3 Å². The van der Waals surface area contributed by atoms with Gasteiger partial charge in [0.15, 0.2) is 6.04 Å². The van der Waals surface area contributed by atoms with Crippen LogP contribution in [0.3, 0.4) is 0 Å². The van der Waals surface area contributed by atoms with E-state index in [-0.39, 0.29) is 45.9 Å². The van der Waals surface area contributed by atoms with E-state index in [2.05, 4.69) is 5.32 Å². The van der Waals surface area contributed by atoms with Crippen molar-refractivity contribution in [2.24, 2.45) is 10.8 Å². The van der Waals surface area contributed by atoms with E-state index in [4.69, 9.17) is 28.5 Å². The van der Waals surface area contributed by atoms with Crippen LogP contribution in [0.5, 0.6) is 0 Å². The number of aliphatic hydroxyl groups is 1. The minimum Gasteiger partial charge on any atom is -0.462 e. The molecule has 2 aromatic rings. The molecule has 0 aromatic heterocycles. The molecule has 5 fully saturated rings. The number of rotatable bonds is 12. The van der Waals surface area contributed by atoms with Gasteiger partial charge in [-0.25, -0.2) is 9.59 Å². The number of fused-ring (bicyclic) bond motifs is 4. The van der Waals surface area contributed by atoms with Crippen LogP contribution < -0.4 is 5.32 Å². The smallest absolute Gasteiger partial charge is 0.348 e. The van der Waals surface area contributed by atoms with E-state index < -0.39 is 83.2 Å². The Bertz CT molecular complexity index is 1780. The maximum absolute atomic E-state index is 15.0. The molecule has 4 saturated heterocycles. The van der Waals surface area contributed by atoms with Crippen LogP contribution in [0.1, 0.15) is 37.0 Å². The van der Waals surface area contributed by atoms with E-state index in [1.54, 1.807) is 38.1 Å². The fourth-order valence-corrected chi connectivity index (χ4v) is 8.05. The van der Waals surface area contributed by atoms with Gasteiger partial charge < -0.3 is 39.0 Å². The van der Waals surface area contributed by atoms with E-state index in [0.717, 1.165) is 5.56 Å². The number of hydrogen-bond donors (Lipinski definition) is 2. The number of nitrogens with one attached hydrogen (secondary N) is 1. The Morgan fingerprint density at radius 3 is 2.55 bits per heavy atom. The number of amides is 2. The first-order valence-electron chi connectivity index (χ1n) is 17.6. The average Bonchev–Trinajstić information content (AvgIpc) is 3.84. The molecule has 1 saturated carbocycles. The molecule has 5 aliphatic rings. The van der Waals surface area contributed by atoms with Gasteiger partial charge >= 0.3 is 17.9 Å². The van der Waals surface area contributed by atoms with E-state index in [1.807, 2.05) is 36.4 Å². The predicted octanol–water partition coefficient (Wildman–Crippen LogP) is 0.914. The highest BCUT2D eigenvalue weighted by Gasteiger charge is 2.75. The Morgan fingerprint density at radius 1 is 1.06 bits per heavy atom. The maximum Gasteiger partial charge on any atom is 0.348 e. The summed E-state index contributed by atoms with van der Waals surface area (Å²) in [5, 5.41) is 13.6.